The first kappa shape index (κ1) is 14.0. The number of hydrogen-bond donors (Lipinski definition) is 1. The van der Waals surface area contributed by atoms with Gasteiger partial charge in [0.25, 0.3) is 0 Å². The van der Waals surface area contributed by atoms with E-state index < -0.39 is 0 Å². The van der Waals surface area contributed by atoms with Crippen LogP contribution in [0.15, 0.2) is 0 Å². The second kappa shape index (κ2) is 5.50. The molecular formula is C14H28O2. The molecule has 16 heavy (non-hydrogen) atoms. The zero-order valence-corrected chi connectivity index (χ0v) is 11.5. The third-order valence-electron chi connectivity index (χ3n) is 4.25. The van der Waals surface area contributed by atoms with Gasteiger partial charge in [-0.15, -0.1) is 0 Å². The van der Waals surface area contributed by atoms with Crippen LogP contribution in [-0.4, -0.2) is 24.9 Å². The summed E-state index contributed by atoms with van der Waals surface area (Å²) in [6.07, 6.45) is 3.15. The number of aliphatic hydroxyl groups excluding tert-OH is 1. The zero-order chi connectivity index (χ0) is 12.3. The molecule has 0 aromatic rings. The second-order valence-corrected chi connectivity index (χ2v) is 6.54. The number of rotatable bonds is 3. The van der Waals surface area contributed by atoms with Crippen LogP contribution in [0, 0.1) is 23.2 Å². The number of hydrogen-bond acceptors (Lipinski definition) is 2. The summed E-state index contributed by atoms with van der Waals surface area (Å²) in [7, 11) is 1.74. The van der Waals surface area contributed by atoms with Crippen LogP contribution in [0.2, 0.25) is 0 Å². The number of aliphatic hydroxyl groups is 1. The molecule has 1 rings (SSSR count). The van der Waals surface area contributed by atoms with E-state index in [9.17, 15) is 5.11 Å². The lowest BCUT2D eigenvalue weighted by atomic mass is 9.66. The van der Waals surface area contributed by atoms with Crippen molar-refractivity contribution in [2.24, 2.45) is 23.2 Å². The molecule has 0 bridgehead atoms. The first-order chi connectivity index (χ1) is 7.36. The fourth-order valence-corrected chi connectivity index (χ4v) is 2.97. The lowest BCUT2D eigenvalue weighted by Gasteiger charge is -2.42. The molecule has 0 aliphatic heterocycles. The van der Waals surface area contributed by atoms with Crippen molar-refractivity contribution in [3.05, 3.63) is 0 Å². The smallest absolute Gasteiger partial charge is 0.0572 e. The highest BCUT2D eigenvalue weighted by molar-refractivity contribution is 4.87. The normalized spacial score (nSPS) is 33.8. The molecule has 0 aromatic carbocycles. The Labute approximate surface area is 100 Å². The molecule has 96 valence electrons. The largest absolute Gasteiger partial charge is 0.393 e. The van der Waals surface area contributed by atoms with Gasteiger partial charge in [0.2, 0.25) is 0 Å². The standard InChI is InChI=1S/C14H28O2/c1-10(9-16-5)12-8-11(14(2,3)4)6-7-13(12)15/h10-13,15H,6-9H2,1-5H3. The van der Waals surface area contributed by atoms with Gasteiger partial charge in [-0.2, -0.15) is 0 Å². The Hall–Kier alpha value is -0.0800. The summed E-state index contributed by atoms with van der Waals surface area (Å²) in [5, 5.41) is 10.1. The molecule has 0 saturated heterocycles. The van der Waals surface area contributed by atoms with Gasteiger partial charge in [0.05, 0.1) is 6.10 Å². The van der Waals surface area contributed by atoms with Crippen molar-refractivity contribution >= 4 is 0 Å². The third-order valence-corrected chi connectivity index (χ3v) is 4.25. The van der Waals surface area contributed by atoms with Crippen molar-refractivity contribution < 1.29 is 9.84 Å². The topological polar surface area (TPSA) is 29.5 Å². The number of methoxy groups -OCH3 is 1. The first-order valence-corrected chi connectivity index (χ1v) is 6.53. The summed E-state index contributed by atoms with van der Waals surface area (Å²) in [6.45, 7) is 9.90. The molecular weight excluding hydrogens is 200 g/mol. The lowest BCUT2D eigenvalue weighted by molar-refractivity contribution is -0.0206. The predicted octanol–water partition coefficient (Wildman–Crippen LogP) is 3.09. The van der Waals surface area contributed by atoms with E-state index in [1.807, 2.05) is 0 Å². The van der Waals surface area contributed by atoms with Crippen LogP contribution < -0.4 is 0 Å². The molecule has 1 N–H and O–H groups in total. The lowest BCUT2D eigenvalue weighted by Crippen LogP contribution is -2.38. The van der Waals surface area contributed by atoms with Crippen molar-refractivity contribution in [2.45, 2.75) is 53.1 Å². The maximum absolute atomic E-state index is 10.1. The van der Waals surface area contributed by atoms with Gasteiger partial charge in [0.15, 0.2) is 0 Å². The van der Waals surface area contributed by atoms with Crippen molar-refractivity contribution in [3.8, 4) is 0 Å². The van der Waals surface area contributed by atoms with Crippen LogP contribution in [0.1, 0.15) is 47.0 Å². The summed E-state index contributed by atoms with van der Waals surface area (Å²) in [5.41, 5.74) is 0.366. The fourth-order valence-electron chi connectivity index (χ4n) is 2.97. The van der Waals surface area contributed by atoms with E-state index in [-0.39, 0.29) is 6.10 Å². The maximum atomic E-state index is 10.1. The van der Waals surface area contributed by atoms with E-state index in [4.69, 9.17) is 4.74 Å². The van der Waals surface area contributed by atoms with Crippen molar-refractivity contribution in [3.63, 3.8) is 0 Å². The van der Waals surface area contributed by atoms with Crippen molar-refractivity contribution in [2.75, 3.05) is 13.7 Å². The SMILES string of the molecule is COCC(C)C1CC(C(C)(C)C)CCC1O. The van der Waals surface area contributed by atoms with E-state index in [0.717, 1.165) is 25.4 Å². The van der Waals surface area contributed by atoms with Gasteiger partial charge in [-0.1, -0.05) is 27.7 Å². The fraction of sp³-hybridized carbons (Fsp3) is 1.00. The molecule has 4 unspecified atom stereocenters. The number of ether oxygens (including phenoxy) is 1. The average molecular weight is 228 g/mol. The molecule has 1 aliphatic carbocycles. The molecule has 0 spiro atoms. The van der Waals surface area contributed by atoms with Crippen LogP contribution in [0.3, 0.4) is 0 Å². The Morgan fingerprint density at radius 3 is 2.44 bits per heavy atom. The van der Waals surface area contributed by atoms with Crippen molar-refractivity contribution in [1.29, 1.82) is 0 Å². The van der Waals surface area contributed by atoms with Crippen LogP contribution in [0.5, 0.6) is 0 Å². The summed E-state index contributed by atoms with van der Waals surface area (Å²) >= 11 is 0. The van der Waals surface area contributed by atoms with E-state index in [0.29, 0.717) is 17.3 Å². The minimum absolute atomic E-state index is 0.122. The van der Waals surface area contributed by atoms with Crippen LogP contribution in [-0.2, 0) is 4.74 Å². The molecule has 1 aliphatic rings. The molecule has 1 fully saturated rings. The van der Waals surface area contributed by atoms with Gasteiger partial charge in [-0.3, -0.25) is 0 Å². The molecule has 4 atom stereocenters. The van der Waals surface area contributed by atoms with E-state index in [1.54, 1.807) is 7.11 Å². The van der Waals surface area contributed by atoms with Gasteiger partial charge >= 0.3 is 0 Å². The van der Waals surface area contributed by atoms with Gasteiger partial charge in [0.1, 0.15) is 0 Å². The van der Waals surface area contributed by atoms with Crippen LogP contribution in [0.25, 0.3) is 0 Å². The Balaban J connectivity index is 2.61. The molecule has 0 heterocycles. The zero-order valence-electron chi connectivity index (χ0n) is 11.5. The van der Waals surface area contributed by atoms with E-state index in [1.165, 1.54) is 6.42 Å². The van der Waals surface area contributed by atoms with Crippen LogP contribution >= 0.6 is 0 Å². The van der Waals surface area contributed by atoms with Crippen LogP contribution in [0.4, 0.5) is 0 Å². The van der Waals surface area contributed by atoms with Gasteiger partial charge in [-0.25, -0.2) is 0 Å². The minimum Gasteiger partial charge on any atom is -0.393 e. The molecule has 2 nitrogen and oxygen atoms in total. The summed E-state index contributed by atoms with van der Waals surface area (Å²) in [5.74, 6) is 1.61. The Morgan fingerprint density at radius 1 is 1.31 bits per heavy atom. The molecule has 1 saturated carbocycles. The quantitative estimate of drug-likeness (QED) is 0.804. The highest BCUT2D eigenvalue weighted by Gasteiger charge is 2.37. The predicted molar refractivity (Wildman–Crippen MR) is 67.3 cm³/mol. The van der Waals surface area contributed by atoms with Gasteiger partial charge in [0, 0.05) is 13.7 Å². The molecule has 0 amide bonds. The molecule has 0 radical (unpaired) electrons. The Kier molecular flexibility index (Phi) is 4.81. The Morgan fingerprint density at radius 2 is 1.94 bits per heavy atom. The monoisotopic (exact) mass is 228 g/mol. The average Bonchev–Trinajstić information content (AvgIpc) is 2.16. The summed E-state index contributed by atoms with van der Waals surface area (Å²) in [4.78, 5) is 0. The van der Waals surface area contributed by atoms with Gasteiger partial charge < -0.3 is 9.84 Å². The third kappa shape index (κ3) is 3.46. The summed E-state index contributed by atoms with van der Waals surface area (Å²) in [6, 6.07) is 0. The van der Waals surface area contributed by atoms with Gasteiger partial charge in [-0.05, 0) is 42.4 Å². The minimum atomic E-state index is -0.122. The van der Waals surface area contributed by atoms with E-state index >= 15 is 0 Å². The van der Waals surface area contributed by atoms with Crippen molar-refractivity contribution in [1.82, 2.24) is 0 Å². The molecule has 2 heteroatoms. The second-order valence-electron chi connectivity index (χ2n) is 6.54. The summed E-state index contributed by atoms with van der Waals surface area (Å²) < 4.78 is 5.21. The highest BCUT2D eigenvalue weighted by Crippen LogP contribution is 2.42. The first-order valence-electron chi connectivity index (χ1n) is 6.53. The molecule has 0 aromatic heterocycles. The highest BCUT2D eigenvalue weighted by atomic mass is 16.5. The Bertz CT molecular complexity index is 207. The van der Waals surface area contributed by atoms with E-state index in [2.05, 4.69) is 27.7 Å². The maximum Gasteiger partial charge on any atom is 0.0572 e.